The normalized spacial score (nSPS) is 28.9. The zero-order valence-electron chi connectivity index (χ0n) is 10.6. The van der Waals surface area contributed by atoms with Crippen LogP contribution in [0.3, 0.4) is 0 Å². The maximum Gasteiger partial charge on any atom is 0.166 e. The number of aromatic nitrogens is 4. The van der Waals surface area contributed by atoms with Crippen molar-refractivity contribution in [2.45, 2.75) is 29.6 Å². The zero-order valence-corrected chi connectivity index (χ0v) is 11.4. The summed E-state index contributed by atoms with van der Waals surface area (Å²) in [6.45, 7) is -0.411. The Labute approximate surface area is 122 Å². The summed E-state index contributed by atoms with van der Waals surface area (Å²) in [5.41, 5.74) is 0.777. The Morgan fingerprint density at radius 3 is 2.81 bits per heavy atom. The maximum atomic E-state index is 10.0. The van der Waals surface area contributed by atoms with Crippen molar-refractivity contribution < 1.29 is 20.1 Å². The van der Waals surface area contributed by atoms with Gasteiger partial charge in [0.25, 0.3) is 0 Å². The van der Waals surface area contributed by atoms with E-state index < -0.39 is 31.1 Å². The highest BCUT2D eigenvalue weighted by molar-refractivity contribution is 8.03. The van der Waals surface area contributed by atoms with Gasteiger partial charge in [0.1, 0.15) is 40.6 Å². The average Bonchev–Trinajstić information content (AvgIpc) is 3.03. The second kappa shape index (κ2) is 5.55. The number of rotatable bonds is 3. The van der Waals surface area contributed by atoms with Crippen LogP contribution in [0.1, 0.15) is 6.23 Å². The third kappa shape index (κ3) is 2.25. The van der Waals surface area contributed by atoms with Crippen LogP contribution in [0.2, 0.25) is 0 Å². The van der Waals surface area contributed by atoms with Gasteiger partial charge < -0.3 is 20.1 Å². The minimum atomic E-state index is -1.22. The Morgan fingerprint density at radius 1 is 1.33 bits per heavy atom. The van der Waals surface area contributed by atoms with Crippen LogP contribution >= 0.6 is 11.8 Å². The first-order chi connectivity index (χ1) is 10.2. The summed E-state index contributed by atoms with van der Waals surface area (Å²) in [5.74, 6) is 0. The van der Waals surface area contributed by atoms with Crippen LogP contribution in [0.4, 0.5) is 0 Å². The highest BCUT2D eigenvalue weighted by Crippen LogP contribution is 2.32. The topological polar surface area (TPSA) is 137 Å². The lowest BCUT2D eigenvalue weighted by molar-refractivity contribution is -0.0511. The number of nitrogens with zero attached hydrogens (tertiary/aromatic N) is 5. The monoisotopic (exact) mass is 309 g/mol. The molecule has 0 spiro atoms. The van der Waals surface area contributed by atoms with Crippen LogP contribution in [-0.2, 0) is 4.74 Å². The van der Waals surface area contributed by atoms with Crippen LogP contribution < -0.4 is 0 Å². The molecule has 0 aliphatic carbocycles. The number of hydrogen-bond donors (Lipinski definition) is 3. The van der Waals surface area contributed by atoms with Crippen molar-refractivity contribution in [2.75, 3.05) is 6.61 Å². The smallest absolute Gasteiger partial charge is 0.166 e. The molecule has 3 rings (SSSR count). The van der Waals surface area contributed by atoms with Crippen LogP contribution in [-0.4, -0.2) is 59.8 Å². The molecule has 10 heteroatoms. The van der Waals surface area contributed by atoms with Gasteiger partial charge in [0, 0.05) is 11.8 Å². The first-order valence-electron chi connectivity index (χ1n) is 6.03. The van der Waals surface area contributed by atoms with Crippen LogP contribution in [0.15, 0.2) is 17.7 Å². The lowest BCUT2D eigenvalue weighted by Crippen LogP contribution is -2.33. The molecule has 0 radical (unpaired) electrons. The molecular weight excluding hydrogens is 298 g/mol. The van der Waals surface area contributed by atoms with Crippen LogP contribution in [0.5, 0.6) is 0 Å². The third-order valence-corrected chi connectivity index (χ3v) is 3.84. The number of hydrogen-bond acceptors (Lipinski definition) is 9. The van der Waals surface area contributed by atoms with E-state index in [0.29, 0.717) is 16.2 Å². The molecule has 110 valence electrons. The van der Waals surface area contributed by atoms with E-state index in [2.05, 4.69) is 15.0 Å². The van der Waals surface area contributed by atoms with Crippen molar-refractivity contribution in [3.05, 3.63) is 12.7 Å². The molecular formula is C11H11N5O4S. The van der Waals surface area contributed by atoms with Crippen molar-refractivity contribution in [2.24, 2.45) is 0 Å². The molecule has 21 heavy (non-hydrogen) atoms. The molecule has 1 aliphatic heterocycles. The number of thioether (sulfide) groups is 1. The van der Waals surface area contributed by atoms with Gasteiger partial charge in [-0.15, -0.1) is 0 Å². The molecule has 2 aromatic heterocycles. The molecule has 2 aromatic rings. The fraction of sp³-hybridized carbons (Fsp3) is 0.455. The summed E-state index contributed by atoms with van der Waals surface area (Å²) in [5, 5.41) is 40.0. The average molecular weight is 309 g/mol. The Morgan fingerprint density at radius 2 is 2.14 bits per heavy atom. The summed E-state index contributed by atoms with van der Waals surface area (Å²) >= 11 is 0.853. The molecule has 1 saturated heterocycles. The van der Waals surface area contributed by atoms with E-state index in [0.717, 1.165) is 11.8 Å². The summed E-state index contributed by atoms with van der Waals surface area (Å²) in [6, 6.07) is 0. The molecule has 9 nitrogen and oxygen atoms in total. The molecule has 1 fully saturated rings. The van der Waals surface area contributed by atoms with E-state index in [1.807, 2.05) is 5.40 Å². The van der Waals surface area contributed by atoms with Crippen LogP contribution in [0.25, 0.3) is 11.2 Å². The minimum Gasteiger partial charge on any atom is -0.394 e. The van der Waals surface area contributed by atoms with E-state index in [1.165, 1.54) is 17.2 Å². The molecule has 3 heterocycles. The zero-order chi connectivity index (χ0) is 15.0. The predicted octanol–water partition coefficient (Wildman–Crippen LogP) is -0.989. The van der Waals surface area contributed by atoms with Gasteiger partial charge >= 0.3 is 0 Å². The van der Waals surface area contributed by atoms with Gasteiger partial charge in [-0.25, -0.2) is 15.0 Å². The van der Waals surface area contributed by atoms with E-state index in [4.69, 9.17) is 15.1 Å². The highest BCUT2D eigenvalue weighted by Gasteiger charge is 2.43. The van der Waals surface area contributed by atoms with Crippen LogP contribution in [0, 0.1) is 10.7 Å². The Bertz CT molecular complexity index is 701. The molecule has 0 saturated carbocycles. The second-order valence-corrected chi connectivity index (χ2v) is 5.20. The van der Waals surface area contributed by atoms with E-state index in [9.17, 15) is 10.2 Å². The highest BCUT2D eigenvalue weighted by atomic mass is 32.2. The van der Waals surface area contributed by atoms with Crippen molar-refractivity contribution >= 4 is 22.9 Å². The standard InChI is InChI=1S/C11H11N5O4S/c12-2-21-10-6-9(13-3-14-10)16(4-15-6)11-8(19)7(18)5(1-17)20-11/h3-5,7-8,11,17-19H,1H2/t5-,7-,8-,11-/m1/s1. The first-order valence-corrected chi connectivity index (χ1v) is 6.85. The number of aliphatic hydroxyl groups excluding tert-OH is 3. The largest absolute Gasteiger partial charge is 0.394 e. The number of imidazole rings is 1. The number of nitriles is 1. The van der Waals surface area contributed by atoms with Crippen molar-refractivity contribution in [3.8, 4) is 5.40 Å². The molecule has 0 unspecified atom stereocenters. The molecule has 0 aromatic carbocycles. The first kappa shape index (κ1) is 14.2. The van der Waals surface area contributed by atoms with Crippen molar-refractivity contribution in [1.29, 1.82) is 5.26 Å². The maximum absolute atomic E-state index is 10.0. The summed E-state index contributed by atoms with van der Waals surface area (Å²) in [6.07, 6.45) is -1.55. The fourth-order valence-corrected chi connectivity index (χ4v) is 2.67. The van der Waals surface area contributed by atoms with Crippen molar-refractivity contribution in [3.63, 3.8) is 0 Å². The molecule has 0 amide bonds. The van der Waals surface area contributed by atoms with E-state index in [1.54, 1.807) is 0 Å². The molecule has 1 aliphatic rings. The minimum absolute atomic E-state index is 0.373. The number of fused-ring (bicyclic) bond motifs is 1. The van der Waals surface area contributed by atoms with Gasteiger partial charge in [-0.1, -0.05) is 0 Å². The Hall–Kier alpha value is -1.77. The predicted molar refractivity (Wildman–Crippen MR) is 69.8 cm³/mol. The Balaban J connectivity index is 2.02. The summed E-state index contributed by atoms with van der Waals surface area (Å²) in [4.78, 5) is 12.2. The summed E-state index contributed by atoms with van der Waals surface area (Å²) in [7, 11) is 0. The molecule has 0 bridgehead atoms. The van der Waals surface area contributed by atoms with Gasteiger partial charge in [0.05, 0.1) is 12.9 Å². The van der Waals surface area contributed by atoms with E-state index in [-0.39, 0.29) is 0 Å². The third-order valence-electron chi connectivity index (χ3n) is 3.26. The lowest BCUT2D eigenvalue weighted by Gasteiger charge is -2.16. The Kier molecular flexibility index (Phi) is 3.75. The number of ether oxygens (including phenoxy) is 1. The number of thiocyanates is 1. The number of aliphatic hydroxyl groups is 3. The second-order valence-electron chi connectivity index (χ2n) is 4.43. The van der Waals surface area contributed by atoms with Gasteiger partial charge in [0.15, 0.2) is 11.9 Å². The molecule has 3 N–H and O–H groups in total. The fourth-order valence-electron chi connectivity index (χ4n) is 2.24. The van der Waals surface area contributed by atoms with Gasteiger partial charge in [-0.05, 0) is 0 Å². The summed E-state index contributed by atoms with van der Waals surface area (Å²) < 4.78 is 6.87. The molecule has 4 atom stereocenters. The van der Waals surface area contributed by atoms with Gasteiger partial charge in [-0.3, -0.25) is 4.57 Å². The van der Waals surface area contributed by atoms with Crippen molar-refractivity contribution in [1.82, 2.24) is 19.5 Å². The lowest BCUT2D eigenvalue weighted by atomic mass is 10.1. The SMILES string of the molecule is N#CSc1ncnc2c1ncn2[C@@H]1O[C@H](CO)[C@@H](O)[C@H]1O. The van der Waals surface area contributed by atoms with Gasteiger partial charge in [0.2, 0.25) is 0 Å². The van der Waals surface area contributed by atoms with E-state index >= 15 is 0 Å². The van der Waals surface area contributed by atoms with Gasteiger partial charge in [-0.2, -0.15) is 5.26 Å². The quantitative estimate of drug-likeness (QED) is 0.370.